The van der Waals surface area contributed by atoms with E-state index in [1.807, 2.05) is 48.5 Å². The van der Waals surface area contributed by atoms with E-state index in [0.717, 1.165) is 5.56 Å². The zero-order valence-electron chi connectivity index (χ0n) is 14.4. The molecule has 0 radical (unpaired) electrons. The van der Waals surface area contributed by atoms with E-state index in [2.05, 4.69) is 10.3 Å². The Hall–Kier alpha value is -2.86. The normalized spacial score (nSPS) is 10.5. The van der Waals surface area contributed by atoms with E-state index in [-0.39, 0.29) is 18.0 Å². The molecule has 3 aromatic rings. The van der Waals surface area contributed by atoms with Crippen LogP contribution in [0, 0.1) is 6.92 Å². The lowest BCUT2D eigenvalue weighted by atomic mass is 10.2. The van der Waals surface area contributed by atoms with Gasteiger partial charge in [-0.3, -0.25) is 14.2 Å². The first kappa shape index (κ1) is 17.9. The highest BCUT2D eigenvalue weighted by Crippen LogP contribution is 2.20. The van der Waals surface area contributed by atoms with E-state index in [4.69, 9.17) is 0 Å². The summed E-state index contributed by atoms with van der Waals surface area (Å²) in [7, 11) is 0. The summed E-state index contributed by atoms with van der Waals surface area (Å²) in [5.41, 5.74) is 2.25. The number of hydrogen-bond donors (Lipinski definition) is 1. The van der Waals surface area contributed by atoms with Crippen molar-refractivity contribution in [2.45, 2.75) is 24.4 Å². The molecule has 3 rings (SSSR count). The van der Waals surface area contributed by atoms with Crippen molar-refractivity contribution in [2.75, 3.05) is 5.32 Å². The van der Waals surface area contributed by atoms with Crippen molar-refractivity contribution < 1.29 is 4.79 Å². The maximum absolute atomic E-state index is 12.4. The summed E-state index contributed by atoms with van der Waals surface area (Å²) in [4.78, 5) is 29.2. The van der Waals surface area contributed by atoms with Crippen molar-refractivity contribution in [1.82, 2.24) is 9.55 Å². The van der Waals surface area contributed by atoms with Gasteiger partial charge in [-0.25, -0.2) is 4.98 Å². The van der Waals surface area contributed by atoms with Crippen molar-refractivity contribution in [2.24, 2.45) is 0 Å². The van der Waals surface area contributed by atoms with Gasteiger partial charge in [0.15, 0.2) is 5.16 Å². The number of rotatable bonds is 6. The predicted molar refractivity (Wildman–Crippen MR) is 104 cm³/mol. The summed E-state index contributed by atoms with van der Waals surface area (Å²) in [6.07, 6.45) is 0. The van der Waals surface area contributed by atoms with Crippen LogP contribution in [0.15, 0.2) is 76.7 Å². The molecular formula is C20H19N3O2S. The third kappa shape index (κ3) is 4.83. The number of amides is 1. The van der Waals surface area contributed by atoms with Gasteiger partial charge in [0.25, 0.3) is 5.56 Å². The number of aryl methyl sites for hydroxylation is 1. The number of nitrogens with zero attached hydrogens (tertiary/aromatic N) is 2. The lowest BCUT2D eigenvalue weighted by Gasteiger charge is -2.12. The van der Waals surface area contributed by atoms with Gasteiger partial charge in [0.1, 0.15) is 6.54 Å². The molecule has 0 saturated heterocycles. The molecule has 26 heavy (non-hydrogen) atoms. The summed E-state index contributed by atoms with van der Waals surface area (Å²) >= 11 is 1.45. The fourth-order valence-corrected chi connectivity index (χ4v) is 3.44. The molecule has 0 aliphatic rings. The van der Waals surface area contributed by atoms with Crippen LogP contribution in [0.1, 0.15) is 11.3 Å². The number of aromatic nitrogens is 2. The average Bonchev–Trinajstić information content (AvgIpc) is 2.64. The Bertz CT molecular complexity index is 940. The van der Waals surface area contributed by atoms with Gasteiger partial charge in [0, 0.05) is 23.2 Å². The summed E-state index contributed by atoms with van der Waals surface area (Å²) in [5.74, 6) is 0.419. The lowest BCUT2D eigenvalue weighted by Crippen LogP contribution is -2.29. The van der Waals surface area contributed by atoms with Gasteiger partial charge in [-0.15, -0.1) is 0 Å². The molecule has 0 unspecified atom stereocenters. The van der Waals surface area contributed by atoms with Crippen LogP contribution in [-0.2, 0) is 17.1 Å². The van der Waals surface area contributed by atoms with Crippen molar-refractivity contribution in [3.63, 3.8) is 0 Å². The first-order chi connectivity index (χ1) is 12.6. The van der Waals surface area contributed by atoms with Crippen molar-refractivity contribution in [3.8, 4) is 0 Å². The van der Waals surface area contributed by atoms with E-state index in [1.165, 1.54) is 22.4 Å². The Morgan fingerprint density at radius 1 is 1.08 bits per heavy atom. The summed E-state index contributed by atoms with van der Waals surface area (Å²) in [5, 5.41) is 3.34. The van der Waals surface area contributed by atoms with Crippen LogP contribution in [0.25, 0.3) is 0 Å². The maximum atomic E-state index is 12.4. The Kier molecular flexibility index (Phi) is 5.86. The van der Waals surface area contributed by atoms with E-state index in [0.29, 0.717) is 22.3 Å². The molecule has 1 aromatic heterocycles. The largest absolute Gasteiger partial charge is 0.325 e. The van der Waals surface area contributed by atoms with E-state index < -0.39 is 0 Å². The standard InChI is InChI=1S/C20H19N3O2S/c1-15-12-19(25)23(13-18(24)22-17-10-6-3-7-11-17)20(21-15)26-14-16-8-4-2-5-9-16/h2-12H,13-14H2,1H3,(H,22,24). The molecule has 0 saturated carbocycles. The van der Waals surface area contributed by atoms with Gasteiger partial charge in [0.05, 0.1) is 0 Å². The van der Waals surface area contributed by atoms with Gasteiger partial charge >= 0.3 is 0 Å². The molecule has 0 spiro atoms. The molecule has 1 amide bonds. The van der Waals surface area contributed by atoms with Crippen LogP contribution < -0.4 is 10.9 Å². The topological polar surface area (TPSA) is 64.0 Å². The van der Waals surface area contributed by atoms with Gasteiger partial charge in [-0.2, -0.15) is 0 Å². The third-order valence-electron chi connectivity index (χ3n) is 3.67. The predicted octanol–water partition coefficient (Wildman–Crippen LogP) is 3.48. The molecule has 0 aliphatic carbocycles. The second-order valence-corrected chi connectivity index (χ2v) is 6.74. The van der Waals surface area contributed by atoms with Crippen LogP contribution in [0.5, 0.6) is 0 Å². The van der Waals surface area contributed by atoms with Gasteiger partial charge < -0.3 is 5.32 Å². The molecule has 0 bridgehead atoms. The highest BCUT2D eigenvalue weighted by Gasteiger charge is 2.12. The molecular weight excluding hydrogens is 346 g/mol. The molecule has 0 fully saturated rings. The minimum Gasteiger partial charge on any atom is -0.325 e. The Morgan fingerprint density at radius 3 is 2.42 bits per heavy atom. The molecule has 2 aromatic carbocycles. The number of carbonyl (C=O) groups excluding carboxylic acids is 1. The quantitative estimate of drug-likeness (QED) is 0.536. The van der Waals surface area contributed by atoms with Crippen molar-refractivity contribution in [3.05, 3.63) is 88.3 Å². The smallest absolute Gasteiger partial charge is 0.254 e. The highest BCUT2D eigenvalue weighted by atomic mass is 32.2. The number of hydrogen-bond acceptors (Lipinski definition) is 4. The highest BCUT2D eigenvalue weighted by molar-refractivity contribution is 7.98. The second-order valence-electron chi connectivity index (χ2n) is 5.79. The number of benzene rings is 2. The monoisotopic (exact) mass is 365 g/mol. The first-order valence-corrected chi connectivity index (χ1v) is 9.20. The van der Waals surface area contributed by atoms with Crippen LogP contribution in [0.4, 0.5) is 5.69 Å². The average molecular weight is 365 g/mol. The lowest BCUT2D eigenvalue weighted by molar-refractivity contribution is -0.116. The zero-order chi connectivity index (χ0) is 18.4. The zero-order valence-corrected chi connectivity index (χ0v) is 15.2. The number of nitrogens with one attached hydrogen (secondary N) is 1. The van der Waals surface area contributed by atoms with Gasteiger partial charge in [-0.1, -0.05) is 60.3 Å². The minimum atomic E-state index is -0.259. The van der Waals surface area contributed by atoms with Gasteiger partial charge in [-0.05, 0) is 24.6 Å². The fraction of sp³-hybridized carbons (Fsp3) is 0.150. The molecule has 1 N–H and O–H groups in total. The van der Waals surface area contributed by atoms with E-state index in [9.17, 15) is 9.59 Å². The van der Waals surface area contributed by atoms with Crippen molar-refractivity contribution >= 4 is 23.4 Å². The number of anilines is 1. The fourth-order valence-electron chi connectivity index (χ4n) is 2.44. The van der Waals surface area contributed by atoms with Crippen LogP contribution >= 0.6 is 11.8 Å². The molecule has 132 valence electrons. The van der Waals surface area contributed by atoms with E-state index in [1.54, 1.807) is 19.1 Å². The Morgan fingerprint density at radius 2 is 1.73 bits per heavy atom. The molecule has 6 heteroatoms. The SMILES string of the molecule is Cc1cc(=O)n(CC(=O)Nc2ccccc2)c(SCc2ccccc2)n1. The Balaban J connectivity index is 1.77. The van der Waals surface area contributed by atoms with Crippen LogP contribution in [0.2, 0.25) is 0 Å². The number of thioether (sulfide) groups is 1. The third-order valence-corrected chi connectivity index (χ3v) is 4.72. The summed E-state index contributed by atoms with van der Waals surface area (Å²) in [6.45, 7) is 1.71. The number of para-hydroxylation sites is 1. The first-order valence-electron chi connectivity index (χ1n) is 8.22. The van der Waals surface area contributed by atoms with Crippen LogP contribution in [-0.4, -0.2) is 15.5 Å². The number of carbonyl (C=O) groups is 1. The molecule has 1 heterocycles. The van der Waals surface area contributed by atoms with Crippen molar-refractivity contribution in [1.29, 1.82) is 0 Å². The summed E-state index contributed by atoms with van der Waals surface area (Å²) < 4.78 is 1.42. The minimum absolute atomic E-state index is 0.0713. The second kappa shape index (κ2) is 8.49. The Labute approximate surface area is 156 Å². The van der Waals surface area contributed by atoms with E-state index >= 15 is 0 Å². The van der Waals surface area contributed by atoms with Gasteiger partial charge in [0.2, 0.25) is 5.91 Å². The molecule has 0 aliphatic heterocycles. The summed E-state index contributed by atoms with van der Waals surface area (Å²) in [6, 6.07) is 20.6. The molecule has 5 nitrogen and oxygen atoms in total. The molecule has 0 atom stereocenters. The van der Waals surface area contributed by atoms with Crippen LogP contribution in [0.3, 0.4) is 0 Å². The maximum Gasteiger partial charge on any atom is 0.254 e.